The number of ether oxygens (including phenoxy) is 1. The number of carbonyl (C=O) groups is 1. The van der Waals surface area contributed by atoms with Gasteiger partial charge in [0.05, 0.1) is 7.11 Å². The molecule has 128 valence electrons. The van der Waals surface area contributed by atoms with Gasteiger partial charge in [0, 0.05) is 12.0 Å². The van der Waals surface area contributed by atoms with E-state index >= 15 is 0 Å². The SMILES string of the molecule is COc1ccc(-c2nnc(NC(=O)CCc3ccc(C)cc3)s2)cc1. The number of aryl methyl sites for hydroxylation is 2. The molecule has 0 bridgehead atoms. The molecule has 1 N–H and O–H groups in total. The van der Waals surface area contributed by atoms with Crippen LogP contribution in [0.25, 0.3) is 10.6 Å². The average Bonchev–Trinajstić information content (AvgIpc) is 3.10. The highest BCUT2D eigenvalue weighted by Gasteiger charge is 2.10. The number of amides is 1. The average molecular weight is 353 g/mol. The van der Waals surface area contributed by atoms with Gasteiger partial charge in [-0.2, -0.15) is 0 Å². The lowest BCUT2D eigenvalue weighted by molar-refractivity contribution is -0.116. The van der Waals surface area contributed by atoms with E-state index < -0.39 is 0 Å². The number of rotatable bonds is 6. The predicted octanol–water partition coefficient (Wildman–Crippen LogP) is 4.09. The number of anilines is 1. The molecule has 0 unspecified atom stereocenters. The highest BCUT2D eigenvalue weighted by Crippen LogP contribution is 2.27. The van der Waals surface area contributed by atoms with Gasteiger partial charge in [-0.1, -0.05) is 41.2 Å². The molecule has 5 nitrogen and oxygen atoms in total. The van der Waals surface area contributed by atoms with Crippen molar-refractivity contribution in [1.29, 1.82) is 0 Å². The van der Waals surface area contributed by atoms with E-state index in [1.54, 1.807) is 7.11 Å². The van der Waals surface area contributed by atoms with Crippen LogP contribution in [0, 0.1) is 6.92 Å². The number of aromatic nitrogens is 2. The number of hydrogen-bond acceptors (Lipinski definition) is 5. The predicted molar refractivity (Wildman–Crippen MR) is 100 cm³/mol. The zero-order chi connectivity index (χ0) is 17.6. The molecule has 6 heteroatoms. The van der Waals surface area contributed by atoms with Crippen LogP contribution in [0.2, 0.25) is 0 Å². The van der Waals surface area contributed by atoms with E-state index in [-0.39, 0.29) is 5.91 Å². The quantitative estimate of drug-likeness (QED) is 0.725. The van der Waals surface area contributed by atoms with Crippen LogP contribution in [0.1, 0.15) is 17.5 Å². The standard InChI is InChI=1S/C19H19N3O2S/c1-13-3-5-14(6-4-13)7-12-17(23)20-19-22-21-18(25-19)15-8-10-16(24-2)11-9-15/h3-6,8-11H,7,12H2,1-2H3,(H,20,22,23). The normalized spacial score (nSPS) is 10.5. The molecule has 25 heavy (non-hydrogen) atoms. The first-order valence-electron chi connectivity index (χ1n) is 7.97. The molecule has 0 aliphatic rings. The summed E-state index contributed by atoms with van der Waals surface area (Å²) in [6, 6.07) is 15.8. The highest BCUT2D eigenvalue weighted by molar-refractivity contribution is 7.18. The van der Waals surface area contributed by atoms with Gasteiger partial charge in [0.1, 0.15) is 10.8 Å². The Kier molecular flexibility index (Phi) is 5.40. The fourth-order valence-corrected chi connectivity index (χ4v) is 3.08. The molecule has 3 aromatic rings. The van der Waals surface area contributed by atoms with Crippen LogP contribution >= 0.6 is 11.3 Å². The summed E-state index contributed by atoms with van der Waals surface area (Å²) in [5.41, 5.74) is 3.31. The van der Waals surface area contributed by atoms with Crippen molar-refractivity contribution in [2.45, 2.75) is 19.8 Å². The van der Waals surface area contributed by atoms with E-state index in [9.17, 15) is 4.79 Å². The number of nitrogens with one attached hydrogen (secondary N) is 1. The molecule has 0 saturated heterocycles. The first-order chi connectivity index (χ1) is 12.1. The van der Waals surface area contributed by atoms with Crippen LogP contribution in [0.15, 0.2) is 48.5 Å². The number of benzene rings is 2. The Bertz CT molecular complexity index is 842. The zero-order valence-electron chi connectivity index (χ0n) is 14.2. The molecule has 1 heterocycles. The molecule has 3 rings (SSSR count). The minimum atomic E-state index is -0.0574. The lowest BCUT2D eigenvalue weighted by Gasteiger charge is -2.02. The van der Waals surface area contributed by atoms with E-state index in [0.29, 0.717) is 18.0 Å². The first-order valence-corrected chi connectivity index (χ1v) is 8.79. The van der Waals surface area contributed by atoms with Crippen LogP contribution in [0.3, 0.4) is 0 Å². The Hall–Kier alpha value is -2.73. The molecule has 1 aromatic heterocycles. The maximum Gasteiger partial charge on any atom is 0.226 e. The van der Waals surface area contributed by atoms with Crippen LogP contribution in [0.4, 0.5) is 5.13 Å². The van der Waals surface area contributed by atoms with Crippen molar-refractivity contribution in [1.82, 2.24) is 10.2 Å². The fraction of sp³-hybridized carbons (Fsp3) is 0.211. The van der Waals surface area contributed by atoms with Gasteiger partial charge >= 0.3 is 0 Å². The highest BCUT2D eigenvalue weighted by atomic mass is 32.1. The summed E-state index contributed by atoms with van der Waals surface area (Å²) in [5.74, 6) is 0.732. The maximum absolute atomic E-state index is 12.1. The Morgan fingerprint density at radius 3 is 2.48 bits per heavy atom. The van der Waals surface area contributed by atoms with E-state index in [1.165, 1.54) is 16.9 Å². The van der Waals surface area contributed by atoms with Gasteiger partial charge in [0.2, 0.25) is 11.0 Å². The van der Waals surface area contributed by atoms with E-state index in [2.05, 4.69) is 39.8 Å². The Balaban J connectivity index is 1.56. The van der Waals surface area contributed by atoms with Gasteiger partial charge < -0.3 is 10.1 Å². The third-order valence-corrected chi connectivity index (χ3v) is 4.66. The van der Waals surface area contributed by atoms with E-state index in [0.717, 1.165) is 21.9 Å². The van der Waals surface area contributed by atoms with Crippen LogP contribution < -0.4 is 10.1 Å². The van der Waals surface area contributed by atoms with Gasteiger partial charge in [-0.3, -0.25) is 4.79 Å². The van der Waals surface area contributed by atoms with Crippen molar-refractivity contribution in [3.63, 3.8) is 0 Å². The molecular weight excluding hydrogens is 334 g/mol. The minimum Gasteiger partial charge on any atom is -0.497 e. The molecular formula is C19H19N3O2S. The third-order valence-electron chi connectivity index (χ3n) is 3.77. The van der Waals surface area contributed by atoms with Crippen molar-refractivity contribution < 1.29 is 9.53 Å². The molecule has 1 amide bonds. The Labute approximate surface area is 150 Å². The van der Waals surface area contributed by atoms with Crippen molar-refractivity contribution >= 4 is 22.4 Å². The third kappa shape index (κ3) is 4.64. The van der Waals surface area contributed by atoms with Crippen molar-refractivity contribution in [3.8, 4) is 16.3 Å². The van der Waals surface area contributed by atoms with E-state index in [1.807, 2.05) is 31.2 Å². The van der Waals surface area contributed by atoms with Crippen LogP contribution in [-0.2, 0) is 11.2 Å². The van der Waals surface area contributed by atoms with Crippen molar-refractivity contribution in [3.05, 3.63) is 59.7 Å². The van der Waals surface area contributed by atoms with Crippen molar-refractivity contribution in [2.24, 2.45) is 0 Å². The largest absolute Gasteiger partial charge is 0.497 e. The van der Waals surface area contributed by atoms with Gasteiger partial charge in [-0.25, -0.2) is 0 Å². The fourth-order valence-electron chi connectivity index (χ4n) is 2.32. The summed E-state index contributed by atoms with van der Waals surface area (Å²) < 4.78 is 5.14. The van der Waals surface area contributed by atoms with E-state index in [4.69, 9.17) is 4.74 Å². The summed E-state index contributed by atoms with van der Waals surface area (Å²) in [7, 11) is 1.63. The van der Waals surface area contributed by atoms with Crippen LogP contribution in [-0.4, -0.2) is 23.2 Å². The topological polar surface area (TPSA) is 64.1 Å². The number of hydrogen-bond donors (Lipinski definition) is 1. The second-order valence-corrected chi connectivity index (χ2v) is 6.65. The van der Waals surface area contributed by atoms with Gasteiger partial charge in [-0.15, -0.1) is 10.2 Å². The lowest BCUT2D eigenvalue weighted by atomic mass is 10.1. The molecule has 0 aliphatic carbocycles. The summed E-state index contributed by atoms with van der Waals surface area (Å²) in [5, 5.41) is 12.3. The number of carbonyl (C=O) groups excluding carboxylic acids is 1. The lowest BCUT2D eigenvalue weighted by Crippen LogP contribution is -2.12. The molecule has 0 spiro atoms. The van der Waals surface area contributed by atoms with Gasteiger partial charge in [-0.05, 0) is 43.2 Å². The summed E-state index contributed by atoms with van der Waals surface area (Å²) in [6.45, 7) is 2.05. The maximum atomic E-state index is 12.1. The summed E-state index contributed by atoms with van der Waals surface area (Å²) >= 11 is 1.36. The summed E-state index contributed by atoms with van der Waals surface area (Å²) in [4.78, 5) is 12.1. The van der Waals surface area contributed by atoms with Gasteiger partial charge in [0.15, 0.2) is 0 Å². The molecule has 2 aromatic carbocycles. The molecule has 0 aliphatic heterocycles. The second-order valence-electron chi connectivity index (χ2n) is 5.67. The van der Waals surface area contributed by atoms with Crippen molar-refractivity contribution in [2.75, 3.05) is 12.4 Å². The molecule has 0 fully saturated rings. The number of methoxy groups -OCH3 is 1. The smallest absolute Gasteiger partial charge is 0.226 e. The number of nitrogens with zero attached hydrogens (tertiary/aromatic N) is 2. The minimum absolute atomic E-state index is 0.0574. The molecule has 0 saturated carbocycles. The molecule has 0 radical (unpaired) electrons. The molecule has 0 atom stereocenters. The van der Waals surface area contributed by atoms with Crippen LogP contribution in [0.5, 0.6) is 5.75 Å². The summed E-state index contributed by atoms with van der Waals surface area (Å²) in [6.07, 6.45) is 1.12. The van der Waals surface area contributed by atoms with Gasteiger partial charge in [0.25, 0.3) is 0 Å². The Morgan fingerprint density at radius 1 is 1.08 bits per heavy atom. The monoisotopic (exact) mass is 353 g/mol. The first kappa shape index (κ1) is 17.1. The zero-order valence-corrected chi connectivity index (χ0v) is 15.0. The Morgan fingerprint density at radius 2 is 1.80 bits per heavy atom. The second kappa shape index (κ2) is 7.90.